The molecule has 0 atom stereocenters. The first-order chi connectivity index (χ1) is 12.4. The molecule has 4 nitrogen and oxygen atoms in total. The zero-order chi connectivity index (χ0) is 18.7. The summed E-state index contributed by atoms with van der Waals surface area (Å²) in [5.41, 5.74) is 1.89. The van der Waals surface area contributed by atoms with Crippen molar-refractivity contribution in [3.63, 3.8) is 0 Å². The molecule has 1 aliphatic rings. The number of thiazole rings is 1. The highest BCUT2D eigenvalue weighted by Gasteiger charge is 2.31. The molecular weight excluding hydrogens is 349 g/mol. The van der Waals surface area contributed by atoms with E-state index in [2.05, 4.69) is 10.3 Å². The van der Waals surface area contributed by atoms with Gasteiger partial charge in [0.05, 0.1) is 5.69 Å². The van der Waals surface area contributed by atoms with E-state index in [1.165, 1.54) is 17.4 Å². The van der Waals surface area contributed by atoms with Crippen LogP contribution in [0.1, 0.15) is 17.7 Å². The Labute approximate surface area is 157 Å². The van der Waals surface area contributed by atoms with Crippen LogP contribution >= 0.6 is 11.3 Å². The van der Waals surface area contributed by atoms with Crippen LogP contribution in [0.25, 0.3) is 0 Å². The predicted octanol–water partition coefficient (Wildman–Crippen LogP) is 4.34. The molecule has 1 aromatic carbocycles. The molecule has 0 fully saturated rings. The highest BCUT2D eigenvalue weighted by molar-refractivity contribution is 7.13. The lowest BCUT2D eigenvalue weighted by atomic mass is 9.79. The molecule has 1 heterocycles. The molecule has 3 rings (SSSR count). The maximum absolute atomic E-state index is 14.4. The summed E-state index contributed by atoms with van der Waals surface area (Å²) in [7, 11) is 3.84. The second-order valence-corrected chi connectivity index (χ2v) is 7.68. The Morgan fingerprint density at radius 3 is 2.65 bits per heavy atom. The number of nitrogens with one attached hydrogen (secondary N) is 1. The zero-order valence-corrected chi connectivity index (χ0v) is 15.9. The van der Waals surface area contributed by atoms with Gasteiger partial charge in [0.1, 0.15) is 5.82 Å². The normalized spacial score (nSPS) is 14.6. The van der Waals surface area contributed by atoms with Crippen LogP contribution in [0.3, 0.4) is 0 Å². The lowest BCUT2D eigenvalue weighted by molar-refractivity contribution is -0.117. The van der Waals surface area contributed by atoms with Gasteiger partial charge < -0.3 is 10.2 Å². The fourth-order valence-corrected chi connectivity index (χ4v) is 3.76. The number of halogens is 1. The average Bonchev–Trinajstić information content (AvgIpc) is 3.18. The van der Waals surface area contributed by atoms with Gasteiger partial charge in [-0.05, 0) is 37.1 Å². The molecular formula is C20H22FN3OS. The molecule has 1 aliphatic carbocycles. The van der Waals surface area contributed by atoms with Crippen molar-refractivity contribution >= 4 is 28.1 Å². The van der Waals surface area contributed by atoms with Gasteiger partial charge in [0.2, 0.25) is 5.91 Å². The number of rotatable bonds is 6. The third kappa shape index (κ3) is 4.19. The van der Waals surface area contributed by atoms with E-state index in [0.29, 0.717) is 17.1 Å². The topological polar surface area (TPSA) is 45.2 Å². The van der Waals surface area contributed by atoms with E-state index < -0.39 is 5.41 Å². The number of aromatic nitrogens is 1. The summed E-state index contributed by atoms with van der Waals surface area (Å²) >= 11 is 1.40. The second-order valence-electron chi connectivity index (χ2n) is 6.82. The van der Waals surface area contributed by atoms with Crippen molar-refractivity contribution in [2.24, 2.45) is 5.41 Å². The number of benzene rings is 1. The van der Waals surface area contributed by atoms with E-state index in [9.17, 15) is 9.18 Å². The maximum Gasteiger partial charge on any atom is 0.227 e. The summed E-state index contributed by atoms with van der Waals surface area (Å²) < 4.78 is 14.4. The summed E-state index contributed by atoms with van der Waals surface area (Å²) in [6, 6.07) is 5.08. The summed E-state index contributed by atoms with van der Waals surface area (Å²) in [4.78, 5) is 18.7. The van der Waals surface area contributed by atoms with E-state index in [1.807, 2.05) is 61.7 Å². The molecule has 0 spiro atoms. The lowest BCUT2D eigenvalue weighted by Crippen LogP contribution is -2.26. The van der Waals surface area contributed by atoms with Crippen molar-refractivity contribution in [3.05, 3.63) is 65.0 Å². The number of aryl methyl sites for hydroxylation is 1. The van der Waals surface area contributed by atoms with Gasteiger partial charge in [-0.25, -0.2) is 9.37 Å². The molecule has 0 bridgehead atoms. The maximum atomic E-state index is 14.4. The molecule has 0 aliphatic heterocycles. The van der Waals surface area contributed by atoms with Crippen molar-refractivity contribution in [2.45, 2.75) is 19.8 Å². The fourth-order valence-electron chi connectivity index (χ4n) is 3.05. The average molecular weight is 371 g/mol. The predicted molar refractivity (Wildman–Crippen MR) is 105 cm³/mol. The largest absolute Gasteiger partial charge is 0.378 e. The standard InChI is InChI=1S/C20H22FN3OS/c1-14-13-26-19(22-14)23-18(25)12-20(8-4-5-9-20)11-15-10-16(24(2)3)6-7-17(15)21/h4-10,13H,11-12H2,1-3H3,(H,22,23,25). The van der Waals surface area contributed by atoms with Gasteiger partial charge in [0.15, 0.2) is 5.13 Å². The Balaban J connectivity index is 1.78. The zero-order valence-electron chi connectivity index (χ0n) is 15.1. The highest BCUT2D eigenvalue weighted by Crippen LogP contribution is 2.36. The van der Waals surface area contributed by atoms with Gasteiger partial charge in [-0.3, -0.25) is 4.79 Å². The Bertz CT molecular complexity index is 858. The molecule has 1 amide bonds. The number of hydrogen-bond donors (Lipinski definition) is 1. The van der Waals surface area contributed by atoms with Crippen LogP contribution in [0.4, 0.5) is 15.2 Å². The van der Waals surface area contributed by atoms with Gasteiger partial charge >= 0.3 is 0 Å². The molecule has 136 valence electrons. The first-order valence-corrected chi connectivity index (χ1v) is 9.30. The number of anilines is 2. The van der Waals surface area contributed by atoms with Crippen molar-refractivity contribution in [2.75, 3.05) is 24.3 Å². The van der Waals surface area contributed by atoms with Gasteiger partial charge in [0, 0.05) is 37.0 Å². The number of nitrogens with zero attached hydrogens (tertiary/aromatic N) is 2. The minimum absolute atomic E-state index is 0.125. The van der Waals surface area contributed by atoms with Crippen molar-refractivity contribution < 1.29 is 9.18 Å². The monoisotopic (exact) mass is 371 g/mol. The first-order valence-electron chi connectivity index (χ1n) is 8.42. The molecule has 0 saturated heterocycles. The molecule has 0 radical (unpaired) electrons. The van der Waals surface area contributed by atoms with E-state index in [4.69, 9.17) is 0 Å². The fraction of sp³-hybridized carbons (Fsp3) is 0.300. The number of allylic oxidation sites excluding steroid dienone is 4. The number of carbonyl (C=O) groups excluding carboxylic acids is 1. The quantitative estimate of drug-likeness (QED) is 0.822. The second kappa shape index (κ2) is 7.41. The van der Waals surface area contributed by atoms with E-state index in [1.54, 1.807) is 6.07 Å². The van der Waals surface area contributed by atoms with E-state index >= 15 is 0 Å². The molecule has 0 saturated carbocycles. The van der Waals surface area contributed by atoms with E-state index in [0.717, 1.165) is 11.4 Å². The first kappa shape index (κ1) is 18.3. The summed E-state index contributed by atoms with van der Waals surface area (Å²) in [6.07, 6.45) is 8.44. The van der Waals surface area contributed by atoms with Crippen LogP contribution in [0.5, 0.6) is 0 Å². The van der Waals surface area contributed by atoms with Crippen LogP contribution in [0, 0.1) is 18.2 Å². The smallest absolute Gasteiger partial charge is 0.227 e. The number of carbonyl (C=O) groups is 1. The molecule has 6 heteroatoms. The summed E-state index contributed by atoms with van der Waals surface area (Å²) in [5, 5.41) is 5.33. The third-order valence-electron chi connectivity index (χ3n) is 4.39. The minimum Gasteiger partial charge on any atom is -0.378 e. The molecule has 0 unspecified atom stereocenters. The summed E-state index contributed by atoms with van der Waals surface area (Å²) in [6.45, 7) is 1.89. The van der Waals surface area contributed by atoms with Gasteiger partial charge in [0.25, 0.3) is 0 Å². The number of hydrogen-bond acceptors (Lipinski definition) is 4. The molecule has 1 aromatic heterocycles. The molecule has 1 N–H and O–H groups in total. The Kier molecular flexibility index (Phi) is 5.23. The molecule has 26 heavy (non-hydrogen) atoms. The third-order valence-corrected chi connectivity index (χ3v) is 5.26. The van der Waals surface area contributed by atoms with Crippen LogP contribution in [0.15, 0.2) is 47.9 Å². The van der Waals surface area contributed by atoms with Crippen molar-refractivity contribution in [1.29, 1.82) is 0 Å². The SMILES string of the molecule is Cc1csc(NC(=O)CC2(Cc3cc(N(C)C)ccc3F)C=CC=C2)n1. The van der Waals surface area contributed by atoms with Crippen LogP contribution in [-0.2, 0) is 11.2 Å². The Morgan fingerprint density at radius 1 is 1.31 bits per heavy atom. The van der Waals surface area contributed by atoms with Gasteiger partial charge in [-0.1, -0.05) is 24.3 Å². The van der Waals surface area contributed by atoms with Crippen LogP contribution < -0.4 is 10.2 Å². The molecule has 2 aromatic rings. The van der Waals surface area contributed by atoms with Crippen LogP contribution in [0.2, 0.25) is 0 Å². The lowest BCUT2D eigenvalue weighted by Gasteiger charge is -2.26. The van der Waals surface area contributed by atoms with E-state index in [-0.39, 0.29) is 18.1 Å². The van der Waals surface area contributed by atoms with Gasteiger partial charge in [-0.15, -0.1) is 11.3 Å². The Morgan fingerprint density at radius 2 is 2.04 bits per heavy atom. The minimum atomic E-state index is -0.526. The number of amides is 1. The van der Waals surface area contributed by atoms with Crippen LogP contribution in [-0.4, -0.2) is 25.0 Å². The van der Waals surface area contributed by atoms with Gasteiger partial charge in [-0.2, -0.15) is 0 Å². The highest BCUT2D eigenvalue weighted by atomic mass is 32.1. The Hall–Kier alpha value is -2.47. The summed E-state index contributed by atoms with van der Waals surface area (Å²) in [5.74, 6) is -0.376. The van der Waals surface area contributed by atoms with Crippen molar-refractivity contribution in [3.8, 4) is 0 Å². The van der Waals surface area contributed by atoms with Crippen molar-refractivity contribution in [1.82, 2.24) is 4.98 Å².